The van der Waals surface area contributed by atoms with Crippen molar-refractivity contribution < 1.29 is 19.1 Å². The monoisotopic (exact) mass is 491 g/mol. The van der Waals surface area contributed by atoms with E-state index in [1.807, 2.05) is 43.3 Å². The number of amides is 3. The summed E-state index contributed by atoms with van der Waals surface area (Å²) >= 11 is 0. The highest BCUT2D eigenvalue weighted by Gasteiger charge is 2.45. The fourth-order valence-electron chi connectivity index (χ4n) is 5.22. The Morgan fingerprint density at radius 2 is 1.94 bits per heavy atom. The van der Waals surface area contributed by atoms with Gasteiger partial charge in [-0.3, -0.25) is 14.9 Å². The average molecular weight is 492 g/mol. The molecule has 4 rings (SSSR count). The van der Waals surface area contributed by atoms with Crippen molar-refractivity contribution in [3.63, 3.8) is 0 Å². The Kier molecular flexibility index (Phi) is 7.01. The summed E-state index contributed by atoms with van der Waals surface area (Å²) in [5.74, 6) is -0.760. The Morgan fingerprint density at radius 3 is 2.61 bits per heavy atom. The molecule has 9 nitrogen and oxygen atoms in total. The van der Waals surface area contributed by atoms with Crippen LogP contribution in [0.3, 0.4) is 0 Å². The van der Waals surface area contributed by atoms with E-state index >= 15 is 0 Å². The minimum Gasteiger partial charge on any atom is -0.438 e. The number of nitrogen functional groups attached to an aromatic ring is 1. The van der Waals surface area contributed by atoms with Crippen molar-refractivity contribution in [2.24, 2.45) is 5.92 Å². The SMILES string of the molecule is Cc1cc(CC(CC(=O)N2CCC3(CC2)OC(=O)Nc2ccccc23)C(=O)N(C)C)cc(C=N)c1N. The summed E-state index contributed by atoms with van der Waals surface area (Å²) in [6, 6.07) is 11.3. The van der Waals surface area contributed by atoms with Crippen LogP contribution < -0.4 is 11.1 Å². The second-order valence-corrected chi connectivity index (χ2v) is 9.83. The van der Waals surface area contributed by atoms with Gasteiger partial charge in [0.05, 0.1) is 11.6 Å². The molecule has 0 aromatic heterocycles. The molecular formula is C27H33N5O4. The van der Waals surface area contributed by atoms with Gasteiger partial charge in [-0.05, 0) is 36.6 Å². The fraction of sp³-hybridized carbons (Fsp3) is 0.407. The van der Waals surface area contributed by atoms with E-state index in [1.165, 1.54) is 11.1 Å². The van der Waals surface area contributed by atoms with Crippen LogP contribution >= 0.6 is 0 Å². The lowest BCUT2D eigenvalue weighted by Gasteiger charge is -2.44. The van der Waals surface area contributed by atoms with Crippen molar-refractivity contribution >= 4 is 35.5 Å². The number of nitrogens with two attached hydrogens (primary N) is 1. The number of hydrogen-bond donors (Lipinski definition) is 3. The van der Waals surface area contributed by atoms with Crippen molar-refractivity contribution in [3.8, 4) is 0 Å². The molecular weight excluding hydrogens is 458 g/mol. The standard InChI is InChI=1S/C27H33N5O4/c1-17-12-18(14-20(16-28)24(17)29)13-19(25(34)31(2)3)15-23(33)32-10-8-27(9-11-32)21-6-4-5-7-22(21)30-26(35)36-27/h4-7,12,14,16,19,28H,8-11,13,15,29H2,1-3H3,(H,30,35). The predicted octanol–water partition coefficient (Wildman–Crippen LogP) is 3.29. The number of piperidine rings is 1. The molecule has 1 atom stereocenters. The van der Waals surface area contributed by atoms with E-state index in [0.29, 0.717) is 43.6 Å². The van der Waals surface area contributed by atoms with Gasteiger partial charge in [-0.1, -0.05) is 24.3 Å². The Hall–Kier alpha value is -3.88. The van der Waals surface area contributed by atoms with Crippen molar-refractivity contribution in [2.45, 2.75) is 38.2 Å². The summed E-state index contributed by atoms with van der Waals surface area (Å²) in [6.45, 7) is 2.74. The number of ether oxygens (including phenoxy) is 1. The lowest BCUT2D eigenvalue weighted by molar-refractivity contribution is -0.142. The lowest BCUT2D eigenvalue weighted by Crippen LogP contribution is -2.50. The zero-order valence-corrected chi connectivity index (χ0v) is 21.0. The number of rotatable bonds is 6. The summed E-state index contributed by atoms with van der Waals surface area (Å²) < 4.78 is 5.76. The Labute approximate surface area is 211 Å². The molecule has 2 aliphatic rings. The summed E-state index contributed by atoms with van der Waals surface area (Å²) in [7, 11) is 3.37. The van der Waals surface area contributed by atoms with Gasteiger partial charge in [-0.15, -0.1) is 0 Å². The summed E-state index contributed by atoms with van der Waals surface area (Å²) in [6.07, 6.45) is 2.16. The van der Waals surface area contributed by atoms with Gasteiger partial charge >= 0.3 is 6.09 Å². The first kappa shape index (κ1) is 25.2. The zero-order valence-electron chi connectivity index (χ0n) is 21.0. The van der Waals surface area contributed by atoms with Crippen LogP contribution in [-0.4, -0.2) is 61.1 Å². The largest absolute Gasteiger partial charge is 0.438 e. The van der Waals surface area contributed by atoms with E-state index in [9.17, 15) is 14.4 Å². The Morgan fingerprint density at radius 1 is 1.25 bits per heavy atom. The fourth-order valence-corrected chi connectivity index (χ4v) is 5.22. The number of carbonyl (C=O) groups excluding carboxylic acids is 3. The molecule has 0 aliphatic carbocycles. The number of fused-ring (bicyclic) bond motifs is 2. The number of para-hydroxylation sites is 1. The van der Waals surface area contributed by atoms with E-state index in [1.54, 1.807) is 19.0 Å². The minimum atomic E-state index is -0.751. The number of benzene rings is 2. The van der Waals surface area contributed by atoms with Crippen LogP contribution in [0.25, 0.3) is 0 Å². The number of aryl methyl sites for hydroxylation is 1. The average Bonchev–Trinajstić information content (AvgIpc) is 2.85. The topological polar surface area (TPSA) is 129 Å². The third-order valence-electron chi connectivity index (χ3n) is 7.19. The number of hydrogen-bond acceptors (Lipinski definition) is 6. The molecule has 190 valence electrons. The van der Waals surface area contributed by atoms with Crippen molar-refractivity contribution in [3.05, 3.63) is 58.7 Å². The first-order valence-electron chi connectivity index (χ1n) is 12.1. The minimum absolute atomic E-state index is 0.0747. The molecule has 3 amide bonds. The van der Waals surface area contributed by atoms with Crippen molar-refractivity contribution in [1.82, 2.24) is 9.80 Å². The first-order valence-corrected chi connectivity index (χ1v) is 12.1. The highest BCUT2D eigenvalue weighted by Crippen LogP contribution is 2.43. The van der Waals surface area contributed by atoms with Crippen LogP contribution in [0.4, 0.5) is 16.2 Å². The molecule has 9 heteroatoms. The van der Waals surface area contributed by atoms with Gasteiger partial charge in [0, 0.05) is 69.5 Å². The molecule has 0 saturated carbocycles. The molecule has 2 aromatic rings. The van der Waals surface area contributed by atoms with Crippen LogP contribution in [0.1, 0.15) is 41.5 Å². The van der Waals surface area contributed by atoms with Gasteiger partial charge in [-0.25, -0.2) is 4.79 Å². The Balaban J connectivity index is 1.48. The van der Waals surface area contributed by atoms with Gasteiger partial charge in [0.1, 0.15) is 5.60 Å². The molecule has 2 aliphatic heterocycles. The van der Waals surface area contributed by atoms with Crippen LogP contribution in [-0.2, 0) is 26.3 Å². The van der Waals surface area contributed by atoms with Gasteiger partial charge in [0.15, 0.2) is 0 Å². The maximum Gasteiger partial charge on any atom is 0.412 e. The predicted molar refractivity (Wildman–Crippen MR) is 138 cm³/mol. The Bertz CT molecular complexity index is 1200. The lowest BCUT2D eigenvalue weighted by atomic mass is 9.82. The normalized spacial score (nSPS) is 17.0. The van der Waals surface area contributed by atoms with Crippen LogP contribution in [0.15, 0.2) is 36.4 Å². The van der Waals surface area contributed by atoms with Gasteiger partial charge < -0.3 is 25.7 Å². The maximum atomic E-state index is 13.3. The highest BCUT2D eigenvalue weighted by molar-refractivity contribution is 5.89. The van der Waals surface area contributed by atoms with E-state index in [4.69, 9.17) is 15.9 Å². The number of carbonyl (C=O) groups is 3. The quantitative estimate of drug-likeness (QED) is 0.422. The number of anilines is 2. The smallest absolute Gasteiger partial charge is 0.412 e. The first-order chi connectivity index (χ1) is 17.1. The molecule has 1 saturated heterocycles. The highest BCUT2D eigenvalue weighted by atomic mass is 16.6. The molecule has 2 heterocycles. The molecule has 2 aromatic carbocycles. The second-order valence-electron chi connectivity index (χ2n) is 9.83. The molecule has 1 unspecified atom stereocenters. The molecule has 1 fully saturated rings. The van der Waals surface area contributed by atoms with Crippen molar-refractivity contribution in [1.29, 1.82) is 5.41 Å². The number of likely N-dealkylation sites (tertiary alicyclic amines) is 1. The van der Waals surface area contributed by atoms with Crippen LogP contribution in [0.5, 0.6) is 0 Å². The molecule has 0 radical (unpaired) electrons. The summed E-state index contributed by atoms with van der Waals surface area (Å²) in [4.78, 5) is 41.8. The van der Waals surface area contributed by atoms with E-state index in [-0.39, 0.29) is 18.2 Å². The summed E-state index contributed by atoms with van der Waals surface area (Å²) in [5, 5.41) is 10.4. The number of nitrogens with zero attached hydrogens (tertiary/aromatic N) is 2. The zero-order chi connectivity index (χ0) is 26.0. The van der Waals surface area contributed by atoms with Crippen LogP contribution in [0, 0.1) is 18.3 Å². The second kappa shape index (κ2) is 10.0. The third-order valence-corrected chi connectivity index (χ3v) is 7.19. The van der Waals surface area contributed by atoms with Gasteiger partial charge in [0.2, 0.25) is 11.8 Å². The van der Waals surface area contributed by atoms with Crippen molar-refractivity contribution in [2.75, 3.05) is 38.2 Å². The number of nitrogens with one attached hydrogen (secondary N) is 2. The molecule has 0 bridgehead atoms. The summed E-state index contributed by atoms with van der Waals surface area (Å²) in [5.41, 5.74) is 9.83. The third kappa shape index (κ3) is 4.91. The van der Waals surface area contributed by atoms with E-state index in [2.05, 4.69) is 5.32 Å². The van der Waals surface area contributed by atoms with E-state index < -0.39 is 17.6 Å². The molecule has 1 spiro atoms. The van der Waals surface area contributed by atoms with Gasteiger partial charge in [-0.2, -0.15) is 0 Å². The van der Waals surface area contributed by atoms with E-state index in [0.717, 1.165) is 22.4 Å². The van der Waals surface area contributed by atoms with Gasteiger partial charge in [0.25, 0.3) is 0 Å². The molecule has 4 N–H and O–H groups in total. The molecule has 36 heavy (non-hydrogen) atoms. The maximum absolute atomic E-state index is 13.3. The van der Waals surface area contributed by atoms with Crippen LogP contribution in [0.2, 0.25) is 0 Å².